The van der Waals surface area contributed by atoms with Crippen LogP contribution in [-0.2, 0) is 39.3 Å². The van der Waals surface area contributed by atoms with E-state index in [1.165, 1.54) is 36.4 Å². The number of halogens is 2. The molecule has 4 aromatic rings. The molecule has 177 valence electrons. The zero-order valence-electron chi connectivity index (χ0n) is 18.8. The van der Waals surface area contributed by atoms with Crippen LogP contribution in [0.25, 0.3) is 0 Å². The van der Waals surface area contributed by atoms with Crippen molar-refractivity contribution in [3.05, 3.63) is 138 Å². The largest absolute Gasteiger partial charge is 0.508 e. The number of hydrogen-bond donors (Lipinski definition) is 1. The summed E-state index contributed by atoms with van der Waals surface area (Å²) in [4.78, 5) is 20.5. The minimum absolute atomic E-state index is 0. The van der Waals surface area contributed by atoms with Crippen molar-refractivity contribution in [3.8, 4) is 11.5 Å². The standard InChI is InChI=1S/C14H11FO2.C7H6F.C7H6O2.Y/c15-13-3-1-2-12(8-13)10-17-14-6-4-11(9-16)5-7-14;1-6-3-2-4-7(8)5-6;8-5-6-1-3-7(9)4-2-6;/h1-9H,10H2;2-5H,1H2;1-5,9H;/q;-1;;. The topological polar surface area (TPSA) is 63.6 Å². The Hall–Kier alpha value is -3.35. The van der Waals surface area contributed by atoms with Crippen molar-refractivity contribution < 1.29 is 60.9 Å². The maximum atomic E-state index is 12.9. The van der Waals surface area contributed by atoms with Gasteiger partial charge in [-0.15, -0.1) is 12.1 Å². The van der Waals surface area contributed by atoms with E-state index in [1.54, 1.807) is 60.7 Å². The van der Waals surface area contributed by atoms with Gasteiger partial charge in [0.2, 0.25) is 0 Å². The van der Waals surface area contributed by atoms with Crippen LogP contribution in [0.5, 0.6) is 11.5 Å². The number of hydrogen-bond acceptors (Lipinski definition) is 4. The Morgan fingerprint density at radius 2 is 1.26 bits per heavy atom. The summed E-state index contributed by atoms with van der Waals surface area (Å²) in [6, 6.07) is 25.3. The van der Waals surface area contributed by atoms with Crippen molar-refractivity contribution in [3.63, 3.8) is 0 Å². The summed E-state index contributed by atoms with van der Waals surface area (Å²) in [6.45, 7) is 3.85. The van der Waals surface area contributed by atoms with Crippen LogP contribution in [0.2, 0.25) is 0 Å². The number of ether oxygens (including phenoxy) is 1. The van der Waals surface area contributed by atoms with Crippen LogP contribution in [0.4, 0.5) is 8.78 Å². The Bertz CT molecular complexity index is 1160. The van der Waals surface area contributed by atoms with Gasteiger partial charge in [-0.1, -0.05) is 18.2 Å². The Labute approximate surface area is 228 Å². The van der Waals surface area contributed by atoms with Crippen molar-refractivity contribution in [1.29, 1.82) is 0 Å². The first-order valence-corrected chi connectivity index (χ1v) is 10.1. The molecule has 4 aromatic carbocycles. The Kier molecular flexibility index (Phi) is 13.8. The predicted molar refractivity (Wildman–Crippen MR) is 127 cm³/mol. The molecule has 4 rings (SSSR count). The van der Waals surface area contributed by atoms with Gasteiger partial charge in [0.05, 0.1) is 5.82 Å². The Morgan fingerprint density at radius 1 is 0.743 bits per heavy atom. The molecule has 35 heavy (non-hydrogen) atoms. The van der Waals surface area contributed by atoms with Gasteiger partial charge in [0.25, 0.3) is 0 Å². The summed E-state index contributed by atoms with van der Waals surface area (Å²) in [7, 11) is 0. The third-order valence-corrected chi connectivity index (χ3v) is 4.23. The van der Waals surface area contributed by atoms with E-state index in [0.29, 0.717) is 29.0 Å². The summed E-state index contributed by atoms with van der Waals surface area (Å²) < 4.78 is 30.5. The molecule has 0 aromatic heterocycles. The number of carbonyl (C=O) groups excluding carboxylic acids is 2. The van der Waals surface area contributed by atoms with E-state index in [9.17, 15) is 18.4 Å². The van der Waals surface area contributed by atoms with Gasteiger partial charge in [-0.2, -0.15) is 18.6 Å². The fraction of sp³-hybridized carbons (Fsp3) is 0.0357. The number of carbonyl (C=O) groups is 2. The van der Waals surface area contributed by atoms with Crippen LogP contribution in [0, 0.1) is 18.6 Å². The molecule has 0 saturated carbocycles. The molecular weight excluding hydrogens is 527 g/mol. The first-order valence-electron chi connectivity index (χ1n) is 10.1. The van der Waals surface area contributed by atoms with E-state index in [2.05, 4.69) is 6.92 Å². The smallest absolute Gasteiger partial charge is 0.150 e. The Morgan fingerprint density at radius 3 is 1.71 bits per heavy atom. The van der Waals surface area contributed by atoms with Gasteiger partial charge in [-0.05, 0) is 66.2 Å². The van der Waals surface area contributed by atoms with E-state index in [-0.39, 0.29) is 50.1 Å². The predicted octanol–water partition coefficient (Wildman–Crippen LogP) is 6.43. The van der Waals surface area contributed by atoms with Crippen molar-refractivity contribution in [2.75, 3.05) is 0 Å². The molecule has 1 N–H and O–H groups in total. The summed E-state index contributed by atoms with van der Waals surface area (Å²) in [5, 5.41) is 8.74. The van der Waals surface area contributed by atoms with Crippen molar-refractivity contribution in [1.82, 2.24) is 0 Å². The number of aromatic hydroxyl groups is 1. The quantitative estimate of drug-likeness (QED) is 0.230. The van der Waals surface area contributed by atoms with Crippen molar-refractivity contribution in [2.24, 2.45) is 0 Å². The van der Waals surface area contributed by atoms with E-state index >= 15 is 0 Å². The second-order valence-electron chi connectivity index (χ2n) is 6.94. The SMILES string of the molecule is O=Cc1ccc(O)cc1.O=Cc1ccc(OCc2cccc(F)c2)cc1.[CH2-]c1cccc(F)c1.[Y]. The van der Waals surface area contributed by atoms with Gasteiger partial charge in [-0.25, -0.2) is 8.78 Å². The molecule has 0 amide bonds. The average molecular weight is 550 g/mol. The molecular formula is C28H23F2O4Y-. The van der Waals surface area contributed by atoms with E-state index in [4.69, 9.17) is 9.84 Å². The monoisotopic (exact) mass is 550 g/mol. The molecule has 7 heteroatoms. The molecule has 0 aliphatic heterocycles. The fourth-order valence-electron chi connectivity index (χ4n) is 2.53. The molecule has 1 radical (unpaired) electrons. The van der Waals surface area contributed by atoms with Crippen molar-refractivity contribution >= 4 is 12.6 Å². The molecule has 0 aliphatic rings. The minimum Gasteiger partial charge on any atom is -0.508 e. The van der Waals surface area contributed by atoms with E-state index in [1.807, 2.05) is 0 Å². The second-order valence-corrected chi connectivity index (χ2v) is 6.94. The number of aldehydes is 2. The van der Waals surface area contributed by atoms with E-state index in [0.717, 1.165) is 18.1 Å². The van der Waals surface area contributed by atoms with Gasteiger partial charge in [0.15, 0.2) is 0 Å². The maximum absolute atomic E-state index is 12.9. The molecule has 0 bridgehead atoms. The van der Waals surface area contributed by atoms with Gasteiger partial charge in [0, 0.05) is 43.8 Å². The number of benzene rings is 4. The first-order chi connectivity index (χ1) is 16.4. The third kappa shape index (κ3) is 12.1. The molecule has 0 fully saturated rings. The number of phenolic OH excluding ortho intramolecular Hbond substituents is 1. The molecule has 4 nitrogen and oxygen atoms in total. The van der Waals surface area contributed by atoms with Crippen LogP contribution in [0.3, 0.4) is 0 Å². The number of rotatable bonds is 5. The summed E-state index contributed by atoms with van der Waals surface area (Å²) in [6.07, 6.45) is 1.51. The summed E-state index contributed by atoms with van der Waals surface area (Å²) in [5.74, 6) is 0.334. The second kappa shape index (κ2) is 16.3. The van der Waals surface area contributed by atoms with Gasteiger partial charge < -0.3 is 9.84 Å². The normalized spacial score (nSPS) is 9.20. The maximum Gasteiger partial charge on any atom is 0.150 e. The average Bonchev–Trinajstić information content (AvgIpc) is 2.84. The van der Waals surface area contributed by atoms with Crippen LogP contribution in [0.1, 0.15) is 31.8 Å². The Balaban J connectivity index is 0.000000287. The summed E-state index contributed by atoms with van der Waals surface area (Å²) >= 11 is 0. The van der Waals surface area contributed by atoms with Crippen LogP contribution >= 0.6 is 0 Å². The molecule has 0 spiro atoms. The molecule has 0 aliphatic carbocycles. The molecule has 0 unspecified atom stereocenters. The van der Waals surface area contributed by atoms with Gasteiger partial charge in [0.1, 0.15) is 36.5 Å². The van der Waals surface area contributed by atoms with Gasteiger partial charge >= 0.3 is 0 Å². The molecule has 0 atom stereocenters. The third-order valence-electron chi connectivity index (χ3n) is 4.23. The molecule has 0 heterocycles. The summed E-state index contributed by atoms with van der Waals surface area (Å²) in [5.41, 5.74) is 2.66. The minimum atomic E-state index is -0.276. The number of phenols is 1. The van der Waals surface area contributed by atoms with Gasteiger partial charge in [-0.3, -0.25) is 9.59 Å². The van der Waals surface area contributed by atoms with E-state index < -0.39 is 0 Å². The van der Waals surface area contributed by atoms with Crippen LogP contribution < -0.4 is 4.74 Å². The zero-order chi connectivity index (χ0) is 24.8. The zero-order valence-corrected chi connectivity index (χ0v) is 21.7. The van der Waals surface area contributed by atoms with Crippen LogP contribution in [0.15, 0.2) is 97.1 Å². The fourth-order valence-corrected chi connectivity index (χ4v) is 2.53. The van der Waals surface area contributed by atoms with Crippen molar-refractivity contribution in [2.45, 2.75) is 6.61 Å². The first kappa shape index (κ1) is 29.7. The van der Waals surface area contributed by atoms with Crippen LogP contribution in [-0.4, -0.2) is 17.7 Å². The molecule has 0 saturated heterocycles.